The lowest BCUT2D eigenvalue weighted by atomic mass is 9.89. The summed E-state index contributed by atoms with van der Waals surface area (Å²) in [6.07, 6.45) is 4.56. The molecule has 0 amide bonds. The highest BCUT2D eigenvalue weighted by molar-refractivity contribution is 6.35. The second kappa shape index (κ2) is 13.1. The maximum Gasteiger partial charge on any atom is 0.341 e. The first-order chi connectivity index (χ1) is 13.7. The maximum atomic E-state index is 11.8. The van der Waals surface area contributed by atoms with Crippen molar-refractivity contribution in [1.29, 1.82) is 0 Å². The van der Waals surface area contributed by atoms with Crippen LogP contribution in [0.3, 0.4) is 0 Å². The van der Waals surface area contributed by atoms with Gasteiger partial charge in [-0.05, 0) is 37.0 Å². The first-order valence-corrected chi connectivity index (χ1v) is 10.5. The predicted molar refractivity (Wildman–Crippen MR) is 112 cm³/mol. The Balaban J connectivity index is 2.28. The molecule has 2 atom stereocenters. The number of methoxy groups -OCH3 is 2. The summed E-state index contributed by atoms with van der Waals surface area (Å²) in [7, 11) is 2.24. The number of carbonyl (C=O) groups excluding carboxylic acids is 2. The molecule has 0 spiro atoms. The van der Waals surface area contributed by atoms with Crippen molar-refractivity contribution in [2.24, 2.45) is 0 Å². The van der Waals surface area contributed by atoms with Gasteiger partial charge in [0.2, 0.25) is 0 Å². The third kappa shape index (κ3) is 8.51. The Bertz CT molecular complexity index is 667. The van der Waals surface area contributed by atoms with Crippen molar-refractivity contribution in [2.75, 3.05) is 14.2 Å². The summed E-state index contributed by atoms with van der Waals surface area (Å²) in [6.45, 7) is 0. The monoisotopic (exact) mass is 448 g/mol. The molecule has 0 aromatic heterocycles. The average molecular weight is 449 g/mol. The second-order valence-corrected chi connectivity index (χ2v) is 7.92. The average Bonchev–Trinajstić information content (AvgIpc) is 2.70. The second-order valence-electron chi connectivity index (χ2n) is 7.08. The number of ether oxygens (including phenoxy) is 2. The van der Waals surface area contributed by atoms with Crippen molar-refractivity contribution in [2.45, 2.75) is 69.5 Å². The van der Waals surface area contributed by atoms with E-state index in [9.17, 15) is 19.8 Å². The Kier molecular flexibility index (Phi) is 11.6. The fourth-order valence-electron chi connectivity index (χ4n) is 3.12. The third-order valence-electron chi connectivity index (χ3n) is 4.92. The summed E-state index contributed by atoms with van der Waals surface area (Å²) in [6, 6.07) is 5.53. The maximum absolute atomic E-state index is 11.8. The Morgan fingerprint density at radius 2 is 1.66 bits per heavy atom. The normalized spacial score (nSPS) is 14.1. The number of aliphatic hydroxyl groups excluding tert-OH is 1. The number of hydrogen-bond donors (Lipinski definition) is 2. The van der Waals surface area contributed by atoms with Crippen LogP contribution in [0.2, 0.25) is 10.0 Å². The van der Waals surface area contributed by atoms with Crippen molar-refractivity contribution in [3.8, 4) is 0 Å². The topological polar surface area (TPSA) is 93.1 Å². The van der Waals surface area contributed by atoms with E-state index >= 15 is 0 Å². The SMILES string of the molecule is COC(=O)C[C@](O)(C(=O)OC)[C@@H](O)CCCCCCCCc1ccc(Cl)cc1Cl. The summed E-state index contributed by atoms with van der Waals surface area (Å²) in [5.74, 6) is -1.84. The fraction of sp³-hybridized carbons (Fsp3) is 0.619. The van der Waals surface area contributed by atoms with Gasteiger partial charge in [-0.15, -0.1) is 0 Å². The van der Waals surface area contributed by atoms with Gasteiger partial charge >= 0.3 is 11.9 Å². The van der Waals surface area contributed by atoms with E-state index in [0.29, 0.717) is 16.5 Å². The molecule has 1 aromatic rings. The van der Waals surface area contributed by atoms with Crippen molar-refractivity contribution in [3.05, 3.63) is 33.8 Å². The molecule has 0 fully saturated rings. The number of hydrogen-bond acceptors (Lipinski definition) is 6. The molecule has 6 nitrogen and oxygen atoms in total. The highest BCUT2D eigenvalue weighted by atomic mass is 35.5. The van der Waals surface area contributed by atoms with Crippen LogP contribution in [0.15, 0.2) is 18.2 Å². The number of halogens is 2. The molecule has 0 saturated carbocycles. The largest absolute Gasteiger partial charge is 0.469 e. The number of rotatable bonds is 13. The number of carbonyl (C=O) groups is 2. The zero-order chi connectivity index (χ0) is 21.9. The van der Waals surface area contributed by atoms with E-state index in [-0.39, 0.29) is 6.42 Å². The van der Waals surface area contributed by atoms with Crippen molar-refractivity contribution in [3.63, 3.8) is 0 Å². The standard InChI is InChI=1S/C21H30Cl2O6/c1-28-19(25)14-21(27,20(26)29-2)18(24)10-8-6-4-3-5-7-9-15-11-12-16(22)13-17(15)23/h11-13,18,24,27H,3-10,14H2,1-2H3/t18-,21+/m0/s1. The number of aryl methyl sites for hydroxylation is 1. The van der Waals surface area contributed by atoms with Gasteiger partial charge in [-0.25, -0.2) is 4.79 Å². The summed E-state index contributed by atoms with van der Waals surface area (Å²) >= 11 is 12.1. The Hall–Kier alpha value is -1.34. The lowest BCUT2D eigenvalue weighted by molar-refractivity contribution is -0.182. The summed E-state index contributed by atoms with van der Waals surface area (Å²) in [5.41, 5.74) is -1.20. The lowest BCUT2D eigenvalue weighted by Gasteiger charge is -2.29. The van der Waals surface area contributed by atoms with Crippen LogP contribution in [0.5, 0.6) is 0 Å². The van der Waals surface area contributed by atoms with Gasteiger partial charge in [0, 0.05) is 10.0 Å². The van der Waals surface area contributed by atoms with Crippen LogP contribution in [0.25, 0.3) is 0 Å². The zero-order valence-corrected chi connectivity index (χ0v) is 18.5. The summed E-state index contributed by atoms with van der Waals surface area (Å²) < 4.78 is 9.02. The molecule has 2 N–H and O–H groups in total. The van der Waals surface area contributed by atoms with Crippen LogP contribution in [0, 0.1) is 0 Å². The molecular formula is C21H30Cl2O6. The molecule has 29 heavy (non-hydrogen) atoms. The van der Waals surface area contributed by atoms with Crippen LogP contribution < -0.4 is 0 Å². The predicted octanol–water partition coefficient (Wildman–Crippen LogP) is 4.09. The first-order valence-electron chi connectivity index (χ1n) is 9.74. The number of unbranched alkanes of at least 4 members (excludes halogenated alkanes) is 5. The molecular weight excluding hydrogens is 419 g/mol. The minimum absolute atomic E-state index is 0.184. The zero-order valence-electron chi connectivity index (χ0n) is 17.0. The fourth-order valence-corrected chi connectivity index (χ4v) is 3.62. The van der Waals surface area contributed by atoms with E-state index < -0.39 is 30.1 Å². The Labute approximate surface area is 182 Å². The quantitative estimate of drug-likeness (QED) is 0.348. The van der Waals surface area contributed by atoms with E-state index in [0.717, 1.165) is 58.3 Å². The van der Waals surface area contributed by atoms with Gasteiger partial charge in [-0.3, -0.25) is 4.79 Å². The van der Waals surface area contributed by atoms with Gasteiger partial charge in [0.1, 0.15) is 0 Å². The van der Waals surface area contributed by atoms with Crippen LogP contribution >= 0.6 is 23.2 Å². The molecule has 8 heteroatoms. The van der Waals surface area contributed by atoms with Crippen LogP contribution in [-0.2, 0) is 25.5 Å². The summed E-state index contributed by atoms with van der Waals surface area (Å²) in [4.78, 5) is 23.3. The van der Waals surface area contributed by atoms with Gasteiger partial charge < -0.3 is 19.7 Å². The molecule has 0 aliphatic carbocycles. The molecule has 0 aliphatic heterocycles. The minimum Gasteiger partial charge on any atom is -0.469 e. The van der Waals surface area contributed by atoms with Crippen LogP contribution in [0.4, 0.5) is 0 Å². The molecule has 0 unspecified atom stereocenters. The van der Waals surface area contributed by atoms with Gasteiger partial charge in [0.15, 0.2) is 5.60 Å². The van der Waals surface area contributed by atoms with E-state index in [1.54, 1.807) is 6.07 Å². The lowest BCUT2D eigenvalue weighted by Crippen LogP contribution is -2.51. The van der Waals surface area contributed by atoms with Gasteiger partial charge in [-0.2, -0.15) is 0 Å². The van der Waals surface area contributed by atoms with E-state index in [1.807, 2.05) is 12.1 Å². The molecule has 0 aliphatic rings. The molecule has 0 saturated heterocycles. The van der Waals surface area contributed by atoms with Crippen LogP contribution in [-0.4, -0.2) is 48.1 Å². The van der Waals surface area contributed by atoms with E-state index in [4.69, 9.17) is 23.2 Å². The first kappa shape index (κ1) is 25.7. The minimum atomic E-state index is -2.29. The molecule has 0 radical (unpaired) electrons. The highest BCUT2D eigenvalue weighted by Gasteiger charge is 2.46. The summed E-state index contributed by atoms with van der Waals surface area (Å²) in [5, 5.41) is 22.0. The smallest absolute Gasteiger partial charge is 0.341 e. The number of benzene rings is 1. The third-order valence-corrected chi connectivity index (χ3v) is 5.51. The molecule has 164 valence electrons. The molecule has 0 heterocycles. The van der Waals surface area contributed by atoms with Crippen molar-refractivity contribution >= 4 is 35.1 Å². The van der Waals surface area contributed by atoms with E-state index in [2.05, 4.69) is 9.47 Å². The highest BCUT2D eigenvalue weighted by Crippen LogP contribution is 2.24. The van der Waals surface area contributed by atoms with Gasteiger partial charge in [-0.1, -0.05) is 61.4 Å². The molecule has 1 aromatic carbocycles. The van der Waals surface area contributed by atoms with Crippen molar-refractivity contribution in [1.82, 2.24) is 0 Å². The number of aliphatic hydroxyl groups is 2. The number of esters is 2. The Morgan fingerprint density at radius 3 is 2.24 bits per heavy atom. The van der Waals surface area contributed by atoms with Crippen molar-refractivity contribution < 1.29 is 29.3 Å². The van der Waals surface area contributed by atoms with E-state index in [1.165, 1.54) is 0 Å². The molecule has 1 rings (SSSR count). The van der Waals surface area contributed by atoms with Gasteiger partial charge in [0.25, 0.3) is 0 Å². The van der Waals surface area contributed by atoms with Gasteiger partial charge in [0.05, 0.1) is 26.7 Å². The Morgan fingerprint density at radius 1 is 1.03 bits per heavy atom. The van der Waals surface area contributed by atoms with Crippen LogP contribution in [0.1, 0.15) is 56.9 Å². The molecule has 0 bridgehead atoms.